The van der Waals surface area contributed by atoms with Gasteiger partial charge in [0.25, 0.3) is 5.91 Å². The standard InChI is InChI=1S/C25H27N3O5.C2HF3O2/c1-16-13-19(21-5-3-4-6-22(21)26-16)14-33-20-9-7-18(8-10-20)24(30)27-25(11-12-32-15-25)17(2)23(29)28-31;3-2(4,5)1(6)7/h3-10,13,17,31H,11-12,14-15H2,1-2H3,(H,27,30)(H,28,29);(H,6,7). The molecule has 0 aliphatic carbocycles. The number of alkyl halides is 3. The van der Waals surface area contributed by atoms with E-state index in [0.717, 1.165) is 22.2 Å². The summed E-state index contributed by atoms with van der Waals surface area (Å²) in [5, 5.41) is 20.1. The van der Waals surface area contributed by atoms with Gasteiger partial charge < -0.3 is 19.9 Å². The van der Waals surface area contributed by atoms with Crippen molar-refractivity contribution in [3.63, 3.8) is 0 Å². The van der Waals surface area contributed by atoms with E-state index in [1.54, 1.807) is 36.7 Å². The van der Waals surface area contributed by atoms with E-state index in [2.05, 4.69) is 10.3 Å². The van der Waals surface area contributed by atoms with Crippen molar-refractivity contribution in [3.8, 4) is 5.75 Å². The van der Waals surface area contributed by atoms with E-state index in [9.17, 15) is 22.8 Å². The van der Waals surface area contributed by atoms with Gasteiger partial charge in [0.05, 0.1) is 23.6 Å². The number of rotatable bonds is 7. The van der Waals surface area contributed by atoms with Gasteiger partial charge in [-0.05, 0) is 49.7 Å². The highest BCUT2D eigenvalue weighted by Crippen LogP contribution is 2.28. The van der Waals surface area contributed by atoms with Gasteiger partial charge in [-0.15, -0.1) is 0 Å². The van der Waals surface area contributed by atoms with Crippen molar-refractivity contribution in [3.05, 3.63) is 71.4 Å². The van der Waals surface area contributed by atoms with Crippen LogP contribution in [0.5, 0.6) is 5.75 Å². The average molecular weight is 564 g/mol. The predicted molar refractivity (Wildman–Crippen MR) is 136 cm³/mol. The van der Waals surface area contributed by atoms with Crippen LogP contribution in [0.25, 0.3) is 10.9 Å². The zero-order valence-corrected chi connectivity index (χ0v) is 21.6. The van der Waals surface area contributed by atoms with Gasteiger partial charge in [0.2, 0.25) is 5.91 Å². The number of carboxylic acid groups (broad SMARTS) is 1. The van der Waals surface area contributed by atoms with Crippen LogP contribution in [0.2, 0.25) is 0 Å². The number of aromatic nitrogens is 1. The number of hydrogen-bond acceptors (Lipinski definition) is 7. The number of nitrogens with one attached hydrogen (secondary N) is 2. The number of carboxylic acids is 1. The maximum Gasteiger partial charge on any atom is 0.490 e. The minimum Gasteiger partial charge on any atom is -0.489 e. The van der Waals surface area contributed by atoms with Crippen LogP contribution >= 0.6 is 0 Å². The van der Waals surface area contributed by atoms with Gasteiger partial charge in [0, 0.05) is 28.8 Å². The van der Waals surface area contributed by atoms with E-state index in [1.165, 1.54) is 0 Å². The fourth-order valence-corrected chi connectivity index (χ4v) is 4.15. The van der Waals surface area contributed by atoms with Crippen molar-refractivity contribution < 1.29 is 47.3 Å². The summed E-state index contributed by atoms with van der Waals surface area (Å²) in [5.41, 5.74) is 4.12. The van der Waals surface area contributed by atoms with Gasteiger partial charge in [-0.3, -0.25) is 19.8 Å². The number of carbonyl (C=O) groups is 3. The summed E-state index contributed by atoms with van der Waals surface area (Å²) in [5.74, 6) is -3.66. The molecule has 2 heterocycles. The van der Waals surface area contributed by atoms with E-state index >= 15 is 0 Å². The third-order valence-electron chi connectivity index (χ3n) is 6.43. The Labute approximate surface area is 227 Å². The number of para-hydroxylation sites is 1. The molecule has 13 heteroatoms. The molecule has 214 valence electrons. The first-order valence-electron chi connectivity index (χ1n) is 12.1. The quantitative estimate of drug-likeness (QED) is 0.251. The molecule has 1 aliphatic rings. The van der Waals surface area contributed by atoms with Crippen molar-refractivity contribution in [2.24, 2.45) is 5.92 Å². The molecule has 1 saturated heterocycles. The number of benzene rings is 2. The number of ether oxygens (including phenoxy) is 2. The Morgan fingerprint density at radius 3 is 2.38 bits per heavy atom. The number of pyridine rings is 1. The SMILES string of the molecule is Cc1cc(COc2ccc(C(=O)NC3(C(C)C(=O)NO)CCOC3)cc2)c2ccccc2n1.O=C(O)C(F)(F)F. The molecular weight excluding hydrogens is 535 g/mol. The summed E-state index contributed by atoms with van der Waals surface area (Å²) in [4.78, 5) is 38.3. The Bertz CT molecular complexity index is 1360. The van der Waals surface area contributed by atoms with E-state index < -0.39 is 29.5 Å². The molecule has 0 spiro atoms. The molecule has 1 aliphatic heterocycles. The van der Waals surface area contributed by atoms with E-state index in [-0.39, 0.29) is 12.5 Å². The number of nitrogens with zero attached hydrogens (tertiary/aromatic N) is 1. The largest absolute Gasteiger partial charge is 0.490 e. The van der Waals surface area contributed by atoms with Gasteiger partial charge in [-0.2, -0.15) is 13.2 Å². The molecule has 2 aromatic carbocycles. The van der Waals surface area contributed by atoms with Crippen molar-refractivity contribution in [2.75, 3.05) is 13.2 Å². The van der Waals surface area contributed by atoms with Gasteiger partial charge in [-0.1, -0.05) is 25.1 Å². The molecule has 10 nitrogen and oxygen atoms in total. The summed E-state index contributed by atoms with van der Waals surface area (Å²) >= 11 is 0. The smallest absolute Gasteiger partial charge is 0.489 e. The predicted octanol–water partition coefficient (Wildman–Crippen LogP) is 3.79. The molecule has 1 fully saturated rings. The van der Waals surface area contributed by atoms with Crippen molar-refractivity contribution in [2.45, 2.75) is 38.6 Å². The monoisotopic (exact) mass is 563 g/mol. The number of amides is 2. The third-order valence-corrected chi connectivity index (χ3v) is 6.43. The van der Waals surface area contributed by atoms with Crippen LogP contribution in [0, 0.1) is 12.8 Å². The van der Waals surface area contributed by atoms with Crippen LogP contribution in [-0.4, -0.2) is 58.0 Å². The molecule has 4 N–H and O–H groups in total. The van der Waals surface area contributed by atoms with Crippen LogP contribution in [0.3, 0.4) is 0 Å². The summed E-state index contributed by atoms with van der Waals surface area (Å²) in [6.07, 6.45) is -4.60. The molecule has 4 rings (SSSR count). The molecule has 2 amide bonds. The second kappa shape index (κ2) is 12.7. The Kier molecular flexibility index (Phi) is 9.66. The molecule has 2 atom stereocenters. The molecule has 3 aromatic rings. The summed E-state index contributed by atoms with van der Waals surface area (Å²) in [6, 6.07) is 16.8. The molecule has 0 radical (unpaired) electrons. The number of aliphatic carboxylic acids is 1. The normalized spacial score (nSPS) is 17.4. The van der Waals surface area contributed by atoms with E-state index in [0.29, 0.717) is 30.9 Å². The zero-order valence-electron chi connectivity index (χ0n) is 21.6. The second-order valence-corrected chi connectivity index (χ2v) is 9.17. The highest BCUT2D eigenvalue weighted by molar-refractivity contribution is 5.95. The highest BCUT2D eigenvalue weighted by atomic mass is 19.4. The van der Waals surface area contributed by atoms with Crippen LogP contribution in [0.15, 0.2) is 54.6 Å². The Balaban J connectivity index is 0.000000559. The summed E-state index contributed by atoms with van der Waals surface area (Å²) < 4.78 is 43.1. The van der Waals surface area contributed by atoms with Crippen molar-refractivity contribution >= 4 is 28.7 Å². The van der Waals surface area contributed by atoms with Crippen molar-refractivity contribution in [1.29, 1.82) is 0 Å². The van der Waals surface area contributed by atoms with E-state index in [4.69, 9.17) is 24.6 Å². The van der Waals surface area contributed by atoms with Gasteiger partial charge >= 0.3 is 12.1 Å². The van der Waals surface area contributed by atoms with Crippen LogP contribution in [-0.2, 0) is 20.9 Å². The molecular formula is C27H28F3N3O7. The Hall–Kier alpha value is -4.23. The topological polar surface area (TPSA) is 147 Å². The first-order valence-corrected chi connectivity index (χ1v) is 12.1. The highest BCUT2D eigenvalue weighted by Gasteiger charge is 2.45. The molecule has 2 unspecified atom stereocenters. The number of fused-ring (bicyclic) bond motifs is 1. The van der Waals surface area contributed by atoms with Crippen LogP contribution in [0.1, 0.15) is 35.0 Å². The second-order valence-electron chi connectivity index (χ2n) is 9.17. The lowest BCUT2D eigenvalue weighted by Gasteiger charge is -2.33. The van der Waals surface area contributed by atoms with Gasteiger partial charge in [-0.25, -0.2) is 10.3 Å². The molecule has 40 heavy (non-hydrogen) atoms. The fourth-order valence-electron chi connectivity index (χ4n) is 4.15. The van der Waals surface area contributed by atoms with Gasteiger partial charge in [0.1, 0.15) is 12.4 Å². The number of hydrogen-bond donors (Lipinski definition) is 4. The van der Waals surface area contributed by atoms with Crippen LogP contribution < -0.4 is 15.5 Å². The lowest BCUT2D eigenvalue weighted by atomic mass is 9.83. The first kappa shape index (κ1) is 30.3. The number of carbonyl (C=O) groups excluding carboxylic acids is 2. The summed E-state index contributed by atoms with van der Waals surface area (Å²) in [7, 11) is 0. The number of hydroxylamine groups is 1. The minimum absolute atomic E-state index is 0.202. The zero-order chi connectivity index (χ0) is 29.5. The lowest BCUT2D eigenvalue weighted by molar-refractivity contribution is -0.192. The van der Waals surface area contributed by atoms with Gasteiger partial charge in [0.15, 0.2) is 0 Å². The number of aryl methyl sites for hydroxylation is 1. The van der Waals surface area contributed by atoms with E-state index in [1.807, 2.05) is 37.3 Å². The molecule has 0 bridgehead atoms. The maximum absolute atomic E-state index is 12.9. The van der Waals surface area contributed by atoms with Crippen LogP contribution in [0.4, 0.5) is 13.2 Å². The average Bonchev–Trinajstić information content (AvgIpc) is 3.40. The summed E-state index contributed by atoms with van der Waals surface area (Å²) in [6.45, 7) is 4.62. The Morgan fingerprint density at radius 2 is 1.80 bits per heavy atom. The minimum atomic E-state index is -5.08. The maximum atomic E-state index is 12.9. The Morgan fingerprint density at radius 1 is 1.15 bits per heavy atom. The number of halogens is 3. The molecule has 1 aromatic heterocycles. The third kappa shape index (κ3) is 7.45. The lowest BCUT2D eigenvalue weighted by Crippen LogP contribution is -2.57. The van der Waals surface area contributed by atoms with Crippen molar-refractivity contribution in [1.82, 2.24) is 15.8 Å². The fraction of sp³-hybridized carbons (Fsp3) is 0.333. The molecule has 0 saturated carbocycles. The first-order chi connectivity index (χ1) is 18.9.